The second kappa shape index (κ2) is 17.7. The minimum Gasteiger partial charge on any atom is -0.289 e. The fourth-order valence-corrected chi connectivity index (χ4v) is 3.58. The highest BCUT2D eigenvalue weighted by Crippen LogP contribution is 2.19. The van der Waals surface area contributed by atoms with Gasteiger partial charge < -0.3 is 0 Å². The van der Waals surface area contributed by atoms with Crippen LogP contribution < -0.4 is 0 Å². The Hall–Kier alpha value is -2.70. The van der Waals surface area contributed by atoms with Gasteiger partial charge in [0, 0.05) is 6.42 Å². The van der Waals surface area contributed by atoms with E-state index in [2.05, 4.69) is 20.8 Å². The number of hydrogen-bond donors (Lipinski definition) is 0. The van der Waals surface area contributed by atoms with Crippen LogP contribution >= 0.6 is 0 Å². The largest absolute Gasteiger partial charge is 0.373 e. The van der Waals surface area contributed by atoms with Gasteiger partial charge >= 0.3 is 18.2 Å². The fraction of sp³-hybridized carbons (Fsp3) is 0.467. The molecule has 0 saturated carbocycles. The zero-order valence-electron chi connectivity index (χ0n) is 21.8. The Morgan fingerprint density at radius 2 is 1.06 bits per heavy atom. The second-order valence-electron chi connectivity index (χ2n) is 8.90. The van der Waals surface area contributed by atoms with Crippen molar-refractivity contribution in [3.8, 4) is 0 Å². The van der Waals surface area contributed by atoms with Gasteiger partial charge in [-0.3, -0.25) is 9.78 Å². The maximum Gasteiger partial charge on any atom is 0.373 e. The molecule has 36 heavy (non-hydrogen) atoms. The smallest absolute Gasteiger partial charge is 0.289 e. The Labute approximate surface area is 216 Å². The van der Waals surface area contributed by atoms with Gasteiger partial charge in [-0.15, -0.1) is 9.78 Å². The third-order valence-corrected chi connectivity index (χ3v) is 5.82. The number of hydrogen-bond acceptors (Lipinski definition) is 6. The molecule has 2 radical (unpaired) electrons. The van der Waals surface area contributed by atoms with Crippen molar-refractivity contribution >= 4 is 11.9 Å². The van der Waals surface area contributed by atoms with Crippen LogP contribution in [-0.2, 0) is 32.4 Å². The molecule has 0 unspecified atom stereocenters. The maximum atomic E-state index is 12.4. The summed E-state index contributed by atoms with van der Waals surface area (Å²) in [6.45, 7) is 8.14. The molecular weight excluding hydrogens is 456 g/mol. The van der Waals surface area contributed by atoms with E-state index < -0.39 is 11.9 Å². The highest BCUT2D eigenvalue weighted by Gasteiger charge is 2.21. The monoisotopic (exact) mass is 496 g/mol. The van der Waals surface area contributed by atoms with Crippen molar-refractivity contribution in [2.75, 3.05) is 0 Å². The topological polar surface area (TPSA) is 71.1 Å². The molecule has 2 aromatic rings. The van der Waals surface area contributed by atoms with E-state index in [0.717, 1.165) is 51.4 Å². The van der Waals surface area contributed by atoms with Gasteiger partial charge in [-0.05, 0) is 67.5 Å². The normalized spacial score (nSPS) is 11.0. The lowest BCUT2D eigenvalue weighted by Crippen LogP contribution is -2.16. The molecule has 0 fully saturated rings. The molecule has 0 aliphatic rings. The van der Waals surface area contributed by atoms with E-state index in [1.54, 1.807) is 24.3 Å². The summed E-state index contributed by atoms with van der Waals surface area (Å²) in [6, 6.07) is 14.5. The zero-order chi connectivity index (χ0) is 26.0. The standard InChI is InChI=1S/C30H40O6/c1-4-7-10-13-24-16-20-26(21-17-24)29(31)35-33-28(15-12-9-6-3)34-36-30(32)27-22-18-25(19-23-27)14-11-8-5-2/h16-23H,3-15H2,1-2H3. The van der Waals surface area contributed by atoms with Gasteiger partial charge in [-0.1, -0.05) is 83.6 Å². The molecule has 0 spiro atoms. The number of carbonyl (C=O) groups excluding carboxylic acids is 2. The molecule has 2 rings (SSSR count). The van der Waals surface area contributed by atoms with Crippen LogP contribution in [0.2, 0.25) is 0 Å². The molecule has 0 N–H and O–H groups in total. The van der Waals surface area contributed by atoms with Gasteiger partial charge in [-0.25, -0.2) is 9.59 Å². The third kappa shape index (κ3) is 11.4. The first-order valence-electron chi connectivity index (χ1n) is 13.2. The Morgan fingerprint density at radius 3 is 1.44 bits per heavy atom. The van der Waals surface area contributed by atoms with Gasteiger partial charge in [-0.2, -0.15) is 0 Å². The molecule has 2 aromatic carbocycles. The van der Waals surface area contributed by atoms with Gasteiger partial charge in [0.2, 0.25) is 0 Å². The summed E-state index contributed by atoms with van der Waals surface area (Å²) in [7, 11) is 0. The van der Waals surface area contributed by atoms with Crippen LogP contribution in [0.25, 0.3) is 0 Å². The Balaban J connectivity index is 1.85. The Bertz CT molecular complexity index is 806. The van der Waals surface area contributed by atoms with E-state index in [1.165, 1.54) is 24.0 Å². The van der Waals surface area contributed by atoms with Crippen LogP contribution in [0.1, 0.15) is 110 Å². The van der Waals surface area contributed by atoms with Crippen molar-refractivity contribution in [3.05, 3.63) is 84.0 Å². The minimum atomic E-state index is -0.654. The molecule has 0 bridgehead atoms. The third-order valence-electron chi connectivity index (χ3n) is 5.82. The first kappa shape index (κ1) is 29.5. The fourth-order valence-electron chi connectivity index (χ4n) is 3.58. The summed E-state index contributed by atoms with van der Waals surface area (Å²) < 4.78 is 0. The number of unbranched alkanes of at least 4 members (excludes halogenated alkanes) is 6. The maximum absolute atomic E-state index is 12.4. The lowest BCUT2D eigenvalue weighted by Gasteiger charge is -2.13. The molecule has 6 heteroatoms. The quantitative estimate of drug-likeness (QED) is 0.119. The van der Waals surface area contributed by atoms with Crippen molar-refractivity contribution < 1.29 is 29.1 Å². The number of carbonyl (C=O) groups is 2. The number of benzene rings is 2. The number of rotatable bonds is 18. The van der Waals surface area contributed by atoms with Crippen molar-refractivity contribution in [2.24, 2.45) is 0 Å². The lowest BCUT2D eigenvalue weighted by atomic mass is 10.1. The highest BCUT2D eigenvalue weighted by molar-refractivity contribution is 5.89. The molecule has 196 valence electrons. The summed E-state index contributed by atoms with van der Waals surface area (Å²) >= 11 is 0. The molecule has 0 saturated heterocycles. The van der Waals surface area contributed by atoms with Crippen LogP contribution in [0.4, 0.5) is 0 Å². The van der Waals surface area contributed by atoms with E-state index in [-0.39, 0.29) is 6.29 Å². The Kier molecular flexibility index (Phi) is 14.5. The molecule has 0 aliphatic heterocycles. The van der Waals surface area contributed by atoms with E-state index in [0.29, 0.717) is 24.0 Å². The predicted molar refractivity (Wildman–Crippen MR) is 139 cm³/mol. The van der Waals surface area contributed by atoms with Crippen LogP contribution in [0.15, 0.2) is 48.5 Å². The van der Waals surface area contributed by atoms with E-state index >= 15 is 0 Å². The zero-order valence-corrected chi connectivity index (χ0v) is 21.8. The summed E-state index contributed by atoms with van der Waals surface area (Å²) in [5, 5.41) is 0. The second-order valence-corrected chi connectivity index (χ2v) is 8.90. The number of aryl methyl sites for hydroxylation is 2. The molecular formula is C30H40O6. The molecule has 0 heterocycles. The lowest BCUT2D eigenvalue weighted by molar-refractivity contribution is -0.363. The molecule has 0 aliphatic carbocycles. The van der Waals surface area contributed by atoms with Crippen LogP contribution in [-0.4, -0.2) is 11.9 Å². The predicted octanol–water partition coefficient (Wildman–Crippen LogP) is 7.91. The summed E-state index contributed by atoms with van der Waals surface area (Å²) in [5.41, 5.74) is 3.07. The molecule has 0 amide bonds. The average Bonchev–Trinajstić information content (AvgIpc) is 2.90. The van der Waals surface area contributed by atoms with Crippen LogP contribution in [0, 0.1) is 13.2 Å². The summed E-state index contributed by atoms with van der Waals surface area (Å²) in [4.78, 5) is 45.0. The summed E-state index contributed by atoms with van der Waals surface area (Å²) in [6.07, 6.45) is 11.3. The van der Waals surface area contributed by atoms with E-state index in [4.69, 9.17) is 19.6 Å². The van der Waals surface area contributed by atoms with E-state index in [1.807, 2.05) is 24.3 Å². The van der Waals surface area contributed by atoms with Gasteiger partial charge in [0.25, 0.3) is 0 Å². The molecule has 0 atom stereocenters. The minimum absolute atomic E-state index is 0.0995. The van der Waals surface area contributed by atoms with Crippen molar-refractivity contribution in [1.29, 1.82) is 0 Å². The van der Waals surface area contributed by atoms with Gasteiger partial charge in [0.05, 0.1) is 11.1 Å². The van der Waals surface area contributed by atoms with Crippen molar-refractivity contribution in [3.63, 3.8) is 0 Å². The SMILES string of the molecule is [CH2]CCCC[C](OOC(=O)c1ccc(CCCCC)cc1)OOC(=O)c1ccc(CCCCC)cc1. The molecule has 0 aromatic heterocycles. The van der Waals surface area contributed by atoms with Crippen molar-refractivity contribution in [1.82, 2.24) is 0 Å². The molecule has 6 nitrogen and oxygen atoms in total. The highest BCUT2D eigenvalue weighted by atomic mass is 17.3. The van der Waals surface area contributed by atoms with Gasteiger partial charge in [0.1, 0.15) is 0 Å². The average molecular weight is 497 g/mol. The van der Waals surface area contributed by atoms with Crippen molar-refractivity contribution in [2.45, 2.75) is 90.9 Å². The first-order chi connectivity index (χ1) is 17.6. The summed E-state index contributed by atoms with van der Waals surface area (Å²) in [5.74, 6) is -1.31. The van der Waals surface area contributed by atoms with E-state index in [9.17, 15) is 9.59 Å². The Morgan fingerprint density at radius 1 is 0.611 bits per heavy atom. The van der Waals surface area contributed by atoms with Gasteiger partial charge in [0.15, 0.2) is 0 Å². The first-order valence-corrected chi connectivity index (χ1v) is 13.2. The van der Waals surface area contributed by atoms with Crippen LogP contribution in [0.3, 0.4) is 0 Å². The van der Waals surface area contributed by atoms with Crippen LogP contribution in [0.5, 0.6) is 0 Å².